The number of hydrogen-bond acceptors (Lipinski definition) is 27. The third-order valence-corrected chi connectivity index (χ3v) is 25.9. The quantitative estimate of drug-likeness (QED) is 0.00881. The van der Waals surface area contributed by atoms with E-state index < -0.39 is 136 Å². The van der Waals surface area contributed by atoms with Gasteiger partial charge in [0.25, 0.3) is 13.4 Å². The summed E-state index contributed by atoms with van der Waals surface area (Å²) in [6.45, 7) is 9.30. The molecule has 9 rings (SSSR count). The first kappa shape index (κ1) is 105. The van der Waals surface area contributed by atoms with Gasteiger partial charge >= 0.3 is 30.6 Å². The molecule has 38 nitrogen and oxygen atoms in total. The Hall–Kier alpha value is -9.11. The van der Waals surface area contributed by atoms with Gasteiger partial charge in [-0.25, -0.2) is 47.5 Å². The van der Waals surface area contributed by atoms with Crippen LogP contribution in [0.15, 0.2) is 107 Å². The number of fused-ring (bicyclic) bond motifs is 3. The SMILES string of the molecule is C.CC(C)C(C)C(=O)NC(CCCNC(N)=O)C(=O)Cc1ccc(CI)cc1.CC(C)C(C)C(=O)NC(CCCNC(N)=O)C(=O)Cc1ccc(CO)cc1.CC(C)C(N)C(=O)NC(CCCNC(N)=O)C(=O)Cc1ccc(CSP2(=O)OC[C@H]3O[C@@H](n4cnc5c(N)ncnc54)[C@H](F)[C@@H]3OP(=O)([O-])OC[C@H]3O[C@@H](n4ccc(=O)[nH]c4=O)[C@H](F)[C@@H]3O2)cc1.F.[2HH]. The van der Waals surface area contributed by atoms with Crippen LogP contribution in [0.1, 0.15) is 149 Å². The number of benzene rings is 3. The number of halogens is 4. The first-order chi connectivity index (χ1) is 57.7. The number of aliphatic hydroxyl groups excluding tert-OH is 1. The fourth-order valence-electron chi connectivity index (χ4n) is 12.5. The molecule has 3 fully saturated rings. The number of nitrogens with one attached hydrogen (secondary N) is 7. The van der Waals surface area contributed by atoms with E-state index in [0.29, 0.717) is 72.3 Å². The molecule has 9 amide bonds. The van der Waals surface area contributed by atoms with E-state index in [-0.39, 0.29) is 134 Å². The Morgan fingerprint density at radius 1 is 0.605 bits per heavy atom. The summed E-state index contributed by atoms with van der Waals surface area (Å²) in [5.41, 5.74) is 30.1. The van der Waals surface area contributed by atoms with Crippen molar-refractivity contribution in [2.24, 2.45) is 52.5 Å². The first-order valence-corrected chi connectivity index (χ1v) is 45.6. The first-order valence-electron chi connectivity index (χ1n) is 39.5. The van der Waals surface area contributed by atoms with Gasteiger partial charge in [0.1, 0.15) is 36.3 Å². The lowest BCUT2D eigenvalue weighted by atomic mass is 9.95. The molecule has 124 heavy (non-hydrogen) atoms. The van der Waals surface area contributed by atoms with E-state index in [1.54, 1.807) is 62.4 Å². The minimum Gasteiger partial charge on any atom is -0.756 e. The summed E-state index contributed by atoms with van der Waals surface area (Å²) in [7, 11) is -5.52. The number of ether oxygens (including phenoxy) is 2. The van der Waals surface area contributed by atoms with Crippen LogP contribution >= 0.6 is 48.6 Å². The van der Waals surface area contributed by atoms with Crippen LogP contribution in [0.2, 0.25) is 0 Å². The molecule has 3 aromatic carbocycles. The number of alkyl halides is 3. The van der Waals surface area contributed by atoms with E-state index in [1.165, 1.54) is 5.56 Å². The van der Waals surface area contributed by atoms with Crippen molar-refractivity contribution < 1.29 is 105 Å². The van der Waals surface area contributed by atoms with Crippen molar-refractivity contribution in [2.75, 3.05) is 38.6 Å². The standard InChI is InChI=1S/C38H49F2N11O14P2S.C20H30IN3O3.C20H31N3O4.CH4.FH.H2/c1-18(2)28(41)34(54)48-21(4-3-10-44-37(43)55)22(52)12-19-5-7-20(8-6-19)15-68-67(59)61-14-24-30(26(39)36(63-24)51-17-47-29-32(42)45-16-46-33(29)51)64-66(57,58)60-13-23-31(65-67)27(40)35(62-23)50-11-9-25(53)49-38(50)56;1-13(2)14(3)19(26)24-17(5-4-10-23-20(22)27)18(25)11-15-6-8-16(12-21)9-7-15;1-13(2)14(3)19(26)23-17(5-4-10-22-20(21)27)18(25)11-15-6-8-16(12-24)9-7-15;;;/h5-9,11,16-18,21,23-24,26-28,30-31,35-36H,3-4,10,12-15,41H2,1-2H3,(H,48,54)(H,57,58)(H2,42,45,46)(H3,43,44,55)(H,49,53,56);6-9,13-14,17H,4-5,10-12H2,1-3H3,(H,24,26)(H3,22,23,27);6-9,13-14,17,24H,4-5,10-12H2,1-3H3,(H,23,26)(H3,21,22,27);1H4;2*1H/p-1/t21?,23-,24-,26-,27-,28?,30-,31-,35-,36-,67?;;;;;/m1...../s1/i;;;;;1+1. The molecule has 6 aromatic rings. The van der Waals surface area contributed by atoms with Crippen LogP contribution in [0.3, 0.4) is 0 Å². The number of carbonyl (C=O) groups is 9. The van der Waals surface area contributed by atoms with Gasteiger partial charge in [0.05, 0.1) is 50.3 Å². The van der Waals surface area contributed by atoms with Gasteiger partial charge in [-0.2, -0.15) is 0 Å². The average molecular weight is 1920 g/mol. The molecule has 0 aliphatic carbocycles. The molecular weight excluding hydrogens is 1800 g/mol. The lowest BCUT2D eigenvalue weighted by Gasteiger charge is -2.32. The molecule has 0 radical (unpaired) electrons. The molecule has 3 saturated heterocycles. The number of aromatic nitrogens is 6. The molecule has 3 aliphatic rings. The summed E-state index contributed by atoms with van der Waals surface area (Å²) in [6.07, 6.45) is -9.57. The van der Waals surface area contributed by atoms with Crippen molar-refractivity contribution >= 4 is 119 Å². The normalized spacial score (nSPS) is 21.9. The summed E-state index contributed by atoms with van der Waals surface area (Å²) in [4.78, 5) is 161. The minimum atomic E-state index is -5.52. The second-order valence-electron chi connectivity index (χ2n) is 30.5. The van der Waals surface area contributed by atoms with Crippen LogP contribution in [0.25, 0.3) is 11.2 Å². The molecular formula is C79H116F3IN17O21P2S-. The number of nitrogen functional groups attached to an aromatic ring is 1. The van der Waals surface area contributed by atoms with Gasteiger partial charge in [0.15, 0.2) is 53.6 Å². The maximum atomic E-state index is 16.5. The highest BCUT2D eigenvalue weighted by molar-refractivity contribution is 14.1. The number of primary amides is 3. The summed E-state index contributed by atoms with van der Waals surface area (Å²) in [6, 6.07) is 17.4. The Morgan fingerprint density at radius 2 is 1.02 bits per heavy atom. The number of aliphatic hydroxyl groups is 1. The van der Waals surface area contributed by atoms with Crippen LogP contribution in [-0.4, -0.2) is 181 Å². The van der Waals surface area contributed by atoms with Crippen molar-refractivity contribution in [1.29, 1.82) is 0 Å². The zero-order chi connectivity index (χ0) is 89.9. The Bertz CT molecular complexity index is 4660. The van der Waals surface area contributed by atoms with E-state index in [4.69, 9.17) is 61.3 Å². The van der Waals surface area contributed by atoms with Gasteiger partial charge in [-0.05, 0) is 101 Å². The molecule has 8 unspecified atom stereocenters. The van der Waals surface area contributed by atoms with Gasteiger partial charge in [-0.3, -0.25) is 66.0 Å². The van der Waals surface area contributed by atoms with Crippen molar-refractivity contribution in [3.63, 3.8) is 0 Å². The van der Waals surface area contributed by atoms with Crippen LogP contribution in [0, 0.1) is 29.6 Å². The van der Waals surface area contributed by atoms with Crippen molar-refractivity contribution in [3.8, 4) is 0 Å². The molecule has 0 bridgehead atoms. The number of rotatable bonds is 37. The predicted octanol–water partition coefficient (Wildman–Crippen LogP) is 6.29. The lowest BCUT2D eigenvalue weighted by Crippen LogP contribution is -2.50. The van der Waals surface area contributed by atoms with Crippen LogP contribution < -0.4 is 76.7 Å². The molecule has 0 spiro atoms. The number of ketones is 3. The number of anilines is 1. The van der Waals surface area contributed by atoms with Crippen LogP contribution in [0.4, 0.5) is 33.7 Å². The Morgan fingerprint density at radius 3 is 1.44 bits per heavy atom. The highest BCUT2D eigenvalue weighted by Crippen LogP contribution is 2.65. The van der Waals surface area contributed by atoms with E-state index in [2.05, 4.69) is 69.4 Å². The van der Waals surface area contributed by atoms with Crippen molar-refractivity contribution in [2.45, 2.75) is 211 Å². The minimum absolute atomic E-state index is 0. The average Bonchev–Trinajstić information content (AvgIpc) is 1.61. The number of Topliss-reactive ketones (excluding diaryl/α,β-unsaturated/α-hetero) is 3. The third kappa shape index (κ3) is 32.1. The number of amides is 9. The van der Waals surface area contributed by atoms with Crippen LogP contribution in [-0.2, 0) is 102 Å². The van der Waals surface area contributed by atoms with Crippen LogP contribution in [0.5, 0.6) is 0 Å². The summed E-state index contributed by atoms with van der Waals surface area (Å²) in [5, 5.41) is 25.0. The second-order valence-corrected chi connectivity index (χ2v) is 36.7. The number of urea groups is 3. The Kier molecular flexibility index (Phi) is 42.8. The molecule has 16 atom stereocenters. The molecule has 3 aliphatic heterocycles. The van der Waals surface area contributed by atoms with E-state index in [0.717, 1.165) is 50.6 Å². The molecule has 18 N–H and O–H groups in total. The van der Waals surface area contributed by atoms with Gasteiger partial charge in [0, 0.05) is 74.6 Å². The highest BCUT2D eigenvalue weighted by Gasteiger charge is 2.54. The molecule has 6 heterocycles. The van der Waals surface area contributed by atoms with E-state index in [1.807, 2.05) is 70.8 Å². The number of H-pyrrole nitrogens is 1. The Labute approximate surface area is 734 Å². The lowest BCUT2D eigenvalue weighted by molar-refractivity contribution is -0.235. The number of hydrogen-bond donors (Lipinski definition) is 13. The fourth-order valence-corrected chi connectivity index (χ4v) is 17.3. The van der Waals surface area contributed by atoms with Gasteiger partial charge in [0.2, 0.25) is 17.7 Å². The largest absolute Gasteiger partial charge is 0.756 e. The Balaban J connectivity index is 0.000000473. The highest BCUT2D eigenvalue weighted by atomic mass is 127. The van der Waals surface area contributed by atoms with Crippen molar-refractivity contribution in [3.05, 3.63) is 152 Å². The number of aromatic amines is 1. The third-order valence-electron chi connectivity index (χ3n) is 20.4. The zero-order valence-corrected chi connectivity index (χ0v) is 73.9. The number of nitrogens with zero attached hydrogens (tertiary/aromatic N) is 5. The summed E-state index contributed by atoms with van der Waals surface area (Å²) in [5.74, 6) is -1.68. The van der Waals surface area contributed by atoms with Gasteiger partial charge in [-0.15, -0.1) is 0 Å². The molecule has 45 heteroatoms. The molecule has 3 aromatic heterocycles. The van der Waals surface area contributed by atoms with E-state index >= 15 is 8.78 Å². The zero-order valence-electron chi connectivity index (χ0n) is 69.2. The number of imidazole rings is 1. The number of carbonyl (C=O) groups excluding carboxylic acids is 9. The van der Waals surface area contributed by atoms with Gasteiger partial charge < -0.3 is 89.1 Å². The monoisotopic (exact) mass is 1920 g/mol. The predicted molar refractivity (Wildman–Crippen MR) is 464 cm³/mol. The number of phosphoric acid groups is 1. The van der Waals surface area contributed by atoms with Gasteiger partial charge in [-0.1, -0.05) is 158 Å². The number of nitrogens with two attached hydrogens (primary N) is 5. The molecule has 0 saturated carbocycles. The van der Waals surface area contributed by atoms with E-state index in [9.17, 15) is 66.8 Å². The fraction of sp³-hybridized carbons (Fsp3) is 0.544. The smallest absolute Gasteiger partial charge is 0.389 e. The second kappa shape index (κ2) is 50.3. The molecule has 688 valence electrons. The van der Waals surface area contributed by atoms with Crippen molar-refractivity contribution in [1.82, 2.24) is 61.0 Å². The summed E-state index contributed by atoms with van der Waals surface area (Å²) < 4.78 is 97.5. The maximum Gasteiger partial charge on any atom is 0.389 e. The number of phosphoric ester groups is 1. The summed E-state index contributed by atoms with van der Waals surface area (Å²) >= 11 is 2.85. The maximum absolute atomic E-state index is 16.5. The topological polar surface area (TPSA) is 587 Å².